The lowest BCUT2D eigenvalue weighted by Gasteiger charge is -2.14. The summed E-state index contributed by atoms with van der Waals surface area (Å²) in [5.74, 6) is 0.591. The number of aryl methyl sites for hydroxylation is 2. The van der Waals surface area contributed by atoms with Crippen LogP contribution >= 0.6 is 12.2 Å². The van der Waals surface area contributed by atoms with Crippen molar-refractivity contribution in [3.8, 4) is 11.3 Å². The third-order valence-corrected chi connectivity index (χ3v) is 6.06. The van der Waals surface area contributed by atoms with Gasteiger partial charge in [0.05, 0.1) is 16.2 Å². The minimum atomic E-state index is -4.44. The number of benzene rings is 1. The molecule has 1 N–H and O–H groups in total. The Morgan fingerprint density at radius 1 is 1.12 bits per heavy atom. The predicted molar refractivity (Wildman–Crippen MR) is 131 cm³/mol. The van der Waals surface area contributed by atoms with Gasteiger partial charge in [0.15, 0.2) is 0 Å². The van der Waals surface area contributed by atoms with E-state index in [9.17, 15) is 13.2 Å². The lowest BCUT2D eigenvalue weighted by molar-refractivity contribution is -0.137. The molecule has 0 radical (unpaired) electrons. The van der Waals surface area contributed by atoms with Gasteiger partial charge in [-0.2, -0.15) is 13.2 Å². The third kappa shape index (κ3) is 5.59. The van der Waals surface area contributed by atoms with Crippen molar-refractivity contribution in [2.75, 3.05) is 26.0 Å². The van der Waals surface area contributed by atoms with Gasteiger partial charge in [-0.3, -0.25) is 4.98 Å². The van der Waals surface area contributed by atoms with Crippen LogP contribution in [0.1, 0.15) is 40.2 Å². The Morgan fingerprint density at radius 2 is 1.91 bits per heavy atom. The van der Waals surface area contributed by atoms with Crippen molar-refractivity contribution in [2.45, 2.75) is 38.8 Å². The van der Waals surface area contributed by atoms with Crippen LogP contribution in [0, 0.1) is 6.92 Å². The van der Waals surface area contributed by atoms with Crippen LogP contribution in [0.25, 0.3) is 11.3 Å². The Bertz CT molecular complexity index is 1220. The monoisotopic (exact) mass is 485 g/mol. The van der Waals surface area contributed by atoms with Gasteiger partial charge in [0.25, 0.3) is 0 Å². The van der Waals surface area contributed by atoms with Gasteiger partial charge >= 0.3 is 6.18 Å². The van der Waals surface area contributed by atoms with E-state index in [4.69, 9.17) is 17.2 Å². The van der Waals surface area contributed by atoms with E-state index < -0.39 is 11.7 Å². The lowest BCUT2D eigenvalue weighted by atomic mass is 10.0. The number of hydrogen-bond donors (Lipinski definition) is 1. The third-order valence-electron chi connectivity index (χ3n) is 5.81. The number of alkyl halides is 3. The van der Waals surface area contributed by atoms with Gasteiger partial charge in [-0.1, -0.05) is 24.4 Å². The van der Waals surface area contributed by atoms with E-state index in [0.29, 0.717) is 40.6 Å². The second-order valence-corrected chi connectivity index (χ2v) is 9.31. The molecule has 0 atom stereocenters. The second kappa shape index (κ2) is 9.76. The van der Waals surface area contributed by atoms with Crippen molar-refractivity contribution in [3.05, 3.63) is 70.4 Å². The van der Waals surface area contributed by atoms with Crippen LogP contribution in [0.4, 0.5) is 18.9 Å². The molecule has 0 saturated carbocycles. The molecule has 178 valence electrons. The zero-order valence-electron chi connectivity index (χ0n) is 19.3. The number of hydrogen-bond acceptors (Lipinski definition) is 5. The zero-order chi connectivity index (χ0) is 24.5. The highest BCUT2D eigenvalue weighted by molar-refractivity contribution is 7.80. The van der Waals surface area contributed by atoms with E-state index in [2.05, 4.69) is 40.3 Å². The summed E-state index contributed by atoms with van der Waals surface area (Å²) in [5, 5.41) is 2.95. The summed E-state index contributed by atoms with van der Waals surface area (Å²) in [6, 6.07) is 5.76. The minimum Gasteiger partial charge on any atom is -0.349 e. The van der Waals surface area contributed by atoms with Gasteiger partial charge in [-0.05, 0) is 63.7 Å². The molecule has 3 aromatic rings. The average molecular weight is 486 g/mol. The first-order valence-electron chi connectivity index (χ1n) is 11.1. The minimum absolute atomic E-state index is 0.309. The molecular weight excluding hydrogens is 459 g/mol. The number of halogens is 3. The molecule has 4 rings (SSSR count). The predicted octanol–water partition coefficient (Wildman–Crippen LogP) is 5.25. The summed E-state index contributed by atoms with van der Waals surface area (Å²) >= 11 is 5.34. The molecule has 34 heavy (non-hydrogen) atoms. The standard InChI is InChI=1S/C25H26F3N5S/c1-15-17(9-16(13-29-15)5-4-8-33(2)3)10-22-30-14-18-11-23(34)31-21-12-19(25(26,27)28)6-7-20(21)24(18)32-22/h6-7,9,12-14H,4-5,8,10-11H2,1-3H3,(H,31,34). The first-order chi connectivity index (χ1) is 16.1. The number of aromatic nitrogens is 3. The molecule has 0 aliphatic carbocycles. The van der Waals surface area contributed by atoms with Crippen LogP contribution in [-0.2, 0) is 25.4 Å². The van der Waals surface area contributed by atoms with Crippen LogP contribution in [0.2, 0.25) is 0 Å². The molecule has 1 aliphatic rings. The van der Waals surface area contributed by atoms with E-state index in [0.717, 1.165) is 53.9 Å². The van der Waals surface area contributed by atoms with Gasteiger partial charge < -0.3 is 10.2 Å². The Morgan fingerprint density at radius 3 is 2.65 bits per heavy atom. The first-order valence-corrected chi connectivity index (χ1v) is 11.5. The van der Waals surface area contributed by atoms with Crippen molar-refractivity contribution >= 4 is 22.9 Å². The van der Waals surface area contributed by atoms with Crippen LogP contribution in [0.5, 0.6) is 0 Å². The van der Waals surface area contributed by atoms with E-state index in [1.807, 2.05) is 13.1 Å². The van der Waals surface area contributed by atoms with Gasteiger partial charge in [0.1, 0.15) is 5.82 Å². The topological polar surface area (TPSA) is 53.9 Å². The van der Waals surface area contributed by atoms with E-state index in [1.165, 1.54) is 6.07 Å². The number of fused-ring (bicyclic) bond motifs is 3. The maximum absolute atomic E-state index is 13.3. The highest BCUT2D eigenvalue weighted by atomic mass is 32.1. The zero-order valence-corrected chi connectivity index (χ0v) is 20.1. The number of pyridine rings is 1. The normalized spacial score (nSPS) is 13.3. The molecule has 0 saturated heterocycles. The number of thiocarbonyl (C=S) groups is 1. The molecule has 1 aromatic carbocycles. The maximum atomic E-state index is 13.3. The van der Waals surface area contributed by atoms with Gasteiger partial charge in [0, 0.05) is 47.7 Å². The number of nitrogens with one attached hydrogen (secondary N) is 1. The van der Waals surface area contributed by atoms with Crippen LogP contribution in [0.15, 0.2) is 36.7 Å². The van der Waals surface area contributed by atoms with Crippen LogP contribution < -0.4 is 5.32 Å². The van der Waals surface area contributed by atoms with Crippen LogP contribution in [0.3, 0.4) is 0 Å². The summed E-state index contributed by atoms with van der Waals surface area (Å²) in [6.45, 7) is 2.96. The quantitative estimate of drug-likeness (QED) is 0.482. The fourth-order valence-corrected chi connectivity index (χ4v) is 4.27. The molecule has 3 heterocycles. The van der Waals surface area contributed by atoms with Crippen molar-refractivity contribution < 1.29 is 13.2 Å². The number of anilines is 1. The molecule has 0 spiro atoms. The summed E-state index contributed by atoms with van der Waals surface area (Å²) in [7, 11) is 4.11. The highest BCUT2D eigenvalue weighted by Crippen LogP contribution is 2.38. The van der Waals surface area contributed by atoms with Gasteiger partial charge in [-0.25, -0.2) is 9.97 Å². The smallest absolute Gasteiger partial charge is 0.349 e. The van der Waals surface area contributed by atoms with Gasteiger partial charge in [-0.15, -0.1) is 0 Å². The molecule has 2 aromatic heterocycles. The molecule has 1 aliphatic heterocycles. The largest absolute Gasteiger partial charge is 0.416 e. The molecule has 9 heteroatoms. The van der Waals surface area contributed by atoms with Crippen molar-refractivity contribution in [3.63, 3.8) is 0 Å². The van der Waals surface area contributed by atoms with Crippen LogP contribution in [-0.4, -0.2) is 45.5 Å². The Hall–Kier alpha value is -2.91. The SMILES string of the molecule is Cc1ncc(CCCN(C)C)cc1Cc1ncc2c(n1)-c1ccc(C(F)(F)F)cc1NC(=S)C2. The van der Waals surface area contributed by atoms with Crippen molar-refractivity contribution in [2.24, 2.45) is 0 Å². The Kier molecular flexibility index (Phi) is 6.95. The number of nitrogens with zero attached hydrogens (tertiary/aromatic N) is 4. The van der Waals surface area contributed by atoms with E-state index in [1.54, 1.807) is 6.20 Å². The Balaban J connectivity index is 1.65. The second-order valence-electron chi connectivity index (χ2n) is 8.81. The Labute approximate surface area is 202 Å². The van der Waals surface area contributed by atoms with E-state index >= 15 is 0 Å². The summed E-state index contributed by atoms with van der Waals surface area (Å²) < 4.78 is 39.8. The summed E-state index contributed by atoms with van der Waals surface area (Å²) in [6.07, 6.45) is 2.02. The molecule has 5 nitrogen and oxygen atoms in total. The average Bonchev–Trinajstić information content (AvgIpc) is 2.89. The van der Waals surface area contributed by atoms with Crippen molar-refractivity contribution in [1.82, 2.24) is 19.9 Å². The molecule has 0 amide bonds. The van der Waals surface area contributed by atoms with Crippen molar-refractivity contribution in [1.29, 1.82) is 0 Å². The number of rotatable bonds is 6. The van der Waals surface area contributed by atoms with E-state index in [-0.39, 0.29) is 0 Å². The fourth-order valence-electron chi connectivity index (χ4n) is 4.00. The fraction of sp³-hybridized carbons (Fsp3) is 0.360. The van der Waals surface area contributed by atoms with Gasteiger partial charge in [0.2, 0.25) is 0 Å². The molecule has 0 bridgehead atoms. The lowest BCUT2D eigenvalue weighted by Crippen LogP contribution is -2.13. The molecule has 0 unspecified atom stereocenters. The summed E-state index contributed by atoms with van der Waals surface area (Å²) in [4.78, 5) is 16.4. The first kappa shape index (κ1) is 24.2. The molecule has 0 fully saturated rings. The molecular formula is C25H26F3N5S. The summed E-state index contributed by atoms with van der Waals surface area (Å²) in [5.41, 5.74) is 4.66. The maximum Gasteiger partial charge on any atom is 0.416 e. The highest BCUT2D eigenvalue weighted by Gasteiger charge is 2.32.